The van der Waals surface area contributed by atoms with E-state index in [-0.39, 0.29) is 12.4 Å². The summed E-state index contributed by atoms with van der Waals surface area (Å²) in [5.74, 6) is 1.16. The van der Waals surface area contributed by atoms with Crippen molar-refractivity contribution in [3.63, 3.8) is 0 Å². The third kappa shape index (κ3) is 5.11. The maximum Gasteiger partial charge on any atom is 0.212 e. The standard InChI is InChI=1S/C14H20FN5O/c1-10(2)7-16-8-11-4-12(15)6-13(5-11)21-9-14-17-19-20(3)18-14/h4-6,10,16H,7-9H2,1-3H3. The molecule has 0 fully saturated rings. The molecule has 2 aromatic rings. The van der Waals surface area contributed by atoms with E-state index in [0.29, 0.717) is 24.0 Å². The number of nitrogens with one attached hydrogen (secondary N) is 1. The lowest BCUT2D eigenvalue weighted by Crippen LogP contribution is -2.19. The van der Waals surface area contributed by atoms with Crippen LogP contribution in [-0.4, -0.2) is 26.8 Å². The van der Waals surface area contributed by atoms with E-state index in [2.05, 4.69) is 34.6 Å². The monoisotopic (exact) mass is 293 g/mol. The van der Waals surface area contributed by atoms with E-state index in [0.717, 1.165) is 12.1 Å². The first-order chi connectivity index (χ1) is 10.0. The molecule has 0 aliphatic heterocycles. The Hall–Kier alpha value is -2.02. The third-order valence-electron chi connectivity index (χ3n) is 2.73. The van der Waals surface area contributed by atoms with Crippen LogP contribution in [0.2, 0.25) is 0 Å². The topological polar surface area (TPSA) is 64.9 Å². The zero-order valence-corrected chi connectivity index (χ0v) is 12.5. The summed E-state index contributed by atoms with van der Waals surface area (Å²) >= 11 is 0. The third-order valence-corrected chi connectivity index (χ3v) is 2.73. The molecule has 1 aromatic heterocycles. The van der Waals surface area contributed by atoms with Gasteiger partial charge in [0.05, 0.1) is 7.05 Å². The maximum atomic E-state index is 13.6. The quantitative estimate of drug-likeness (QED) is 0.841. The summed E-state index contributed by atoms with van der Waals surface area (Å²) in [7, 11) is 1.68. The van der Waals surface area contributed by atoms with Gasteiger partial charge in [-0.25, -0.2) is 4.39 Å². The summed E-state index contributed by atoms with van der Waals surface area (Å²) in [4.78, 5) is 1.35. The predicted octanol–water partition coefficient (Wildman–Crippen LogP) is 1.67. The fourth-order valence-corrected chi connectivity index (χ4v) is 1.84. The Kier molecular flexibility index (Phi) is 5.21. The van der Waals surface area contributed by atoms with Crippen LogP contribution in [-0.2, 0) is 20.2 Å². The molecule has 0 unspecified atom stereocenters. The predicted molar refractivity (Wildman–Crippen MR) is 76.1 cm³/mol. The van der Waals surface area contributed by atoms with Gasteiger partial charge in [-0.3, -0.25) is 0 Å². The Morgan fingerprint density at radius 2 is 2.14 bits per heavy atom. The van der Waals surface area contributed by atoms with Gasteiger partial charge in [0, 0.05) is 12.6 Å². The molecule has 21 heavy (non-hydrogen) atoms. The van der Waals surface area contributed by atoms with Crippen molar-refractivity contribution < 1.29 is 9.13 Å². The highest BCUT2D eigenvalue weighted by atomic mass is 19.1. The van der Waals surface area contributed by atoms with Gasteiger partial charge in [-0.2, -0.15) is 4.80 Å². The molecule has 7 heteroatoms. The molecule has 0 saturated carbocycles. The molecular formula is C14H20FN5O. The fourth-order valence-electron chi connectivity index (χ4n) is 1.84. The molecule has 2 rings (SSSR count). The number of hydrogen-bond donors (Lipinski definition) is 1. The number of aryl methyl sites for hydroxylation is 1. The first-order valence-electron chi connectivity index (χ1n) is 6.89. The van der Waals surface area contributed by atoms with Crippen molar-refractivity contribution in [3.05, 3.63) is 35.4 Å². The van der Waals surface area contributed by atoms with Crippen LogP contribution in [0.25, 0.3) is 0 Å². The largest absolute Gasteiger partial charge is 0.485 e. The average molecular weight is 293 g/mol. The summed E-state index contributed by atoms with van der Waals surface area (Å²) in [5, 5.41) is 14.8. The SMILES string of the molecule is CC(C)CNCc1cc(F)cc(OCc2nnn(C)n2)c1. The highest BCUT2D eigenvalue weighted by Gasteiger charge is 2.05. The van der Waals surface area contributed by atoms with Crippen LogP contribution in [0.15, 0.2) is 18.2 Å². The van der Waals surface area contributed by atoms with Crippen molar-refractivity contribution in [1.82, 2.24) is 25.5 Å². The number of tetrazole rings is 1. The number of hydrogen-bond acceptors (Lipinski definition) is 5. The van der Waals surface area contributed by atoms with Gasteiger partial charge in [-0.05, 0) is 35.4 Å². The fraction of sp³-hybridized carbons (Fsp3) is 0.500. The second kappa shape index (κ2) is 7.12. The second-order valence-corrected chi connectivity index (χ2v) is 5.30. The lowest BCUT2D eigenvalue weighted by Gasteiger charge is -2.10. The Morgan fingerprint density at radius 1 is 1.33 bits per heavy atom. The van der Waals surface area contributed by atoms with Crippen molar-refractivity contribution in [2.45, 2.75) is 27.0 Å². The molecule has 0 radical (unpaired) electrons. The van der Waals surface area contributed by atoms with Crippen molar-refractivity contribution in [2.75, 3.05) is 6.54 Å². The lowest BCUT2D eigenvalue weighted by molar-refractivity contribution is 0.293. The Balaban J connectivity index is 1.94. The number of nitrogens with zero attached hydrogens (tertiary/aromatic N) is 4. The van der Waals surface area contributed by atoms with E-state index in [9.17, 15) is 4.39 Å². The van der Waals surface area contributed by atoms with E-state index in [4.69, 9.17) is 4.74 Å². The normalized spacial score (nSPS) is 11.1. The molecule has 0 spiro atoms. The van der Waals surface area contributed by atoms with Crippen LogP contribution in [0.5, 0.6) is 5.75 Å². The molecule has 0 aliphatic rings. The molecule has 0 atom stereocenters. The number of rotatable bonds is 7. The molecule has 1 aromatic carbocycles. The van der Waals surface area contributed by atoms with Crippen LogP contribution in [0.3, 0.4) is 0 Å². The summed E-state index contributed by atoms with van der Waals surface area (Å²) in [6.45, 7) is 5.91. The van der Waals surface area contributed by atoms with Gasteiger partial charge in [-0.15, -0.1) is 10.2 Å². The minimum Gasteiger partial charge on any atom is -0.485 e. The van der Waals surface area contributed by atoms with Crippen LogP contribution >= 0.6 is 0 Å². The molecule has 0 amide bonds. The average Bonchev–Trinajstić information content (AvgIpc) is 2.81. The molecule has 0 bridgehead atoms. The van der Waals surface area contributed by atoms with Gasteiger partial charge in [-0.1, -0.05) is 13.8 Å². The minimum atomic E-state index is -0.319. The lowest BCUT2D eigenvalue weighted by atomic mass is 10.2. The summed E-state index contributed by atoms with van der Waals surface area (Å²) in [6, 6.07) is 4.66. The number of benzene rings is 1. The molecule has 0 saturated heterocycles. The first kappa shape index (κ1) is 15.4. The Bertz CT molecular complexity index is 584. The Labute approximate surface area is 123 Å². The second-order valence-electron chi connectivity index (χ2n) is 5.30. The zero-order valence-electron chi connectivity index (χ0n) is 12.5. The van der Waals surface area contributed by atoms with E-state index in [1.807, 2.05) is 6.07 Å². The van der Waals surface area contributed by atoms with Gasteiger partial charge >= 0.3 is 0 Å². The van der Waals surface area contributed by atoms with Crippen molar-refractivity contribution in [1.29, 1.82) is 0 Å². The van der Waals surface area contributed by atoms with Crippen LogP contribution in [0.4, 0.5) is 4.39 Å². The molecule has 1 N–H and O–H groups in total. The van der Waals surface area contributed by atoms with Crippen LogP contribution in [0.1, 0.15) is 25.2 Å². The Morgan fingerprint density at radius 3 is 2.81 bits per heavy atom. The van der Waals surface area contributed by atoms with Gasteiger partial charge in [0.2, 0.25) is 5.82 Å². The molecule has 1 heterocycles. The van der Waals surface area contributed by atoms with Gasteiger partial charge in [0.15, 0.2) is 6.61 Å². The highest BCUT2D eigenvalue weighted by molar-refractivity contribution is 5.29. The molecule has 6 nitrogen and oxygen atoms in total. The van der Waals surface area contributed by atoms with Crippen molar-refractivity contribution in [3.8, 4) is 5.75 Å². The molecule has 114 valence electrons. The van der Waals surface area contributed by atoms with Crippen LogP contribution < -0.4 is 10.1 Å². The van der Waals surface area contributed by atoms with Gasteiger partial charge in [0.25, 0.3) is 0 Å². The molecular weight excluding hydrogens is 273 g/mol. The summed E-state index contributed by atoms with van der Waals surface area (Å²) < 4.78 is 19.1. The van der Waals surface area contributed by atoms with E-state index < -0.39 is 0 Å². The van der Waals surface area contributed by atoms with Gasteiger partial charge < -0.3 is 10.1 Å². The van der Waals surface area contributed by atoms with Gasteiger partial charge in [0.1, 0.15) is 11.6 Å². The first-order valence-corrected chi connectivity index (χ1v) is 6.89. The van der Waals surface area contributed by atoms with E-state index in [1.54, 1.807) is 7.05 Å². The van der Waals surface area contributed by atoms with Crippen LogP contribution in [0, 0.1) is 11.7 Å². The zero-order chi connectivity index (χ0) is 15.2. The van der Waals surface area contributed by atoms with Crippen molar-refractivity contribution >= 4 is 0 Å². The van der Waals surface area contributed by atoms with E-state index in [1.165, 1.54) is 16.9 Å². The smallest absolute Gasteiger partial charge is 0.212 e. The maximum absolute atomic E-state index is 13.6. The number of ether oxygens (including phenoxy) is 1. The molecule has 0 aliphatic carbocycles. The number of aromatic nitrogens is 4. The highest BCUT2D eigenvalue weighted by Crippen LogP contribution is 2.17. The number of halogens is 1. The minimum absolute atomic E-state index is 0.163. The van der Waals surface area contributed by atoms with E-state index >= 15 is 0 Å². The summed E-state index contributed by atoms with van der Waals surface area (Å²) in [5.41, 5.74) is 0.845. The van der Waals surface area contributed by atoms with Crippen molar-refractivity contribution in [2.24, 2.45) is 13.0 Å². The summed E-state index contributed by atoms with van der Waals surface area (Å²) in [6.07, 6.45) is 0.